The van der Waals surface area contributed by atoms with E-state index in [1.807, 2.05) is 0 Å². The smallest absolute Gasteiger partial charge is 0.314 e. The Hall–Kier alpha value is -1.35. The highest BCUT2D eigenvalue weighted by atomic mass is 19.4. The summed E-state index contributed by atoms with van der Waals surface area (Å²) >= 11 is 0. The Morgan fingerprint density at radius 2 is 1.65 bits per heavy atom. The molecule has 0 bridgehead atoms. The molecule has 2 nitrogen and oxygen atoms in total. The van der Waals surface area contributed by atoms with Gasteiger partial charge in [-0.05, 0) is 17.7 Å². The van der Waals surface area contributed by atoms with Crippen LogP contribution in [0.2, 0.25) is 0 Å². The normalized spacial score (nSPS) is 18.9. The molecule has 1 heterocycles. The van der Waals surface area contributed by atoms with E-state index in [2.05, 4.69) is 5.32 Å². The van der Waals surface area contributed by atoms with Crippen LogP contribution in [0.15, 0.2) is 18.2 Å². The van der Waals surface area contributed by atoms with Crippen LogP contribution in [0.3, 0.4) is 0 Å². The van der Waals surface area contributed by atoms with Gasteiger partial charge in [-0.3, -0.25) is 4.90 Å². The standard InChI is InChI=1S/C14H15F7N2/c15-11-2-1-9(7-10(11)14(19,20)21)12(8-13(16,17)18)23-5-3-22-4-6-23/h1-2,7,12,22H,3-6,8H2/t12-/m1/s1. The Bertz CT molecular complexity index is 533. The molecular formula is C14H15F7N2. The van der Waals surface area contributed by atoms with Gasteiger partial charge in [0.25, 0.3) is 0 Å². The largest absolute Gasteiger partial charge is 0.419 e. The third-order valence-corrected chi connectivity index (χ3v) is 3.70. The number of hydrogen-bond donors (Lipinski definition) is 1. The molecule has 1 atom stereocenters. The van der Waals surface area contributed by atoms with Gasteiger partial charge in [0.1, 0.15) is 5.82 Å². The van der Waals surface area contributed by atoms with Crippen molar-refractivity contribution in [2.24, 2.45) is 0 Å². The van der Waals surface area contributed by atoms with Crippen molar-refractivity contribution in [2.45, 2.75) is 24.8 Å². The molecule has 1 N–H and O–H groups in total. The SMILES string of the molecule is Fc1ccc([C@@H](CC(F)(F)F)N2CCNCC2)cc1C(F)(F)F. The minimum Gasteiger partial charge on any atom is -0.314 e. The van der Waals surface area contributed by atoms with Crippen molar-refractivity contribution in [1.82, 2.24) is 10.2 Å². The van der Waals surface area contributed by atoms with E-state index in [0.717, 1.165) is 6.07 Å². The van der Waals surface area contributed by atoms with E-state index in [9.17, 15) is 30.7 Å². The fraction of sp³-hybridized carbons (Fsp3) is 0.571. The van der Waals surface area contributed by atoms with E-state index >= 15 is 0 Å². The quantitative estimate of drug-likeness (QED) is 0.841. The van der Waals surface area contributed by atoms with Gasteiger partial charge in [-0.2, -0.15) is 26.3 Å². The molecule has 1 aromatic carbocycles. The number of hydrogen-bond acceptors (Lipinski definition) is 2. The summed E-state index contributed by atoms with van der Waals surface area (Å²) in [5.41, 5.74) is -1.73. The molecule has 23 heavy (non-hydrogen) atoms. The third-order valence-electron chi connectivity index (χ3n) is 3.70. The Morgan fingerprint density at radius 3 is 2.17 bits per heavy atom. The van der Waals surface area contributed by atoms with Crippen molar-refractivity contribution in [3.63, 3.8) is 0 Å². The summed E-state index contributed by atoms with van der Waals surface area (Å²) in [4.78, 5) is 1.47. The predicted octanol–water partition coefficient (Wildman–Crippen LogP) is 3.74. The molecule has 0 spiro atoms. The minimum absolute atomic E-state index is 0.182. The molecule has 1 aromatic rings. The van der Waals surface area contributed by atoms with Crippen molar-refractivity contribution in [3.05, 3.63) is 35.1 Å². The van der Waals surface area contributed by atoms with Gasteiger partial charge in [0.2, 0.25) is 0 Å². The first kappa shape index (κ1) is 18.0. The second-order valence-electron chi connectivity index (χ2n) is 5.36. The van der Waals surface area contributed by atoms with E-state index in [-0.39, 0.29) is 18.7 Å². The van der Waals surface area contributed by atoms with Crippen LogP contribution in [0.1, 0.15) is 23.6 Å². The minimum atomic E-state index is -4.95. The van der Waals surface area contributed by atoms with Gasteiger partial charge >= 0.3 is 12.4 Å². The van der Waals surface area contributed by atoms with Crippen molar-refractivity contribution < 1.29 is 30.7 Å². The van der Waals surface area contributed by atoms with Crippen LogP contribution in [-0.4, -0.2) is 37.3 Å². The monoisotopic (exact) mass is 344 g/mol. The van der Waals surface area contributed by atoms with Crippen LogP contribution in [0.25, 0.3) is 0 Å². The molecule has 0 unspecified atom stereocenters. The highest BCUT2D eigenvalue weighted by Crippen LogP contribution is 2.38. The number of halogens is 7. The summed E-state index contributed by atoms with van der Waals surface area (Å²) < 4.78 is 90.2. The van der Waals surface area contributed by atoms with Gasteiger partial charge in [0, 0.05) is 32.2 Å². The van der Waals surface area contributed by atoms with Gasteiger partial charge < -0.3 is 5.32 Å². The fourth-order valence-corrected chi connectivity index (χ4v) is 2.64. The second kappa shape index (κ2) is 6.64. The zero-order valence-electron chi connectivity index (χ0n) is 11.9. The van der Waals surface area contributed by atoms with Crippen LogP contribution >= 0.6 is 0 Å². The lowest BCUT2D eigenvalue weighted by atomic mass is 9.98. The Labute approximate surface area is 128 Å². The molecular weight excluding hydrogens is 329 g/mol. The number of alkyl halides is 6. The zero-order valence-corrected chi connectivity index (χ0v) is 11.9. The Kier molecular flexibility index (Phi) is 5.20. The summed E-state index contributed by atoms with van der Waals surface area (Å²) in [5, 5.41) is 2.97. The maximum atomic E-state index is 13.3. The van der Waals surface area contributed by atoms with E-state index in [1.54, 1.807) is 0 Å². The molecule has 1 fully saturated rings. The van der Waals surface area contributed by atoms with Crippen molar-refractivity contribution >= 4 is 0 Å². The first-order chi connectivity index (χ1) is 10.6. The predicted molar refractivity (Wildman–Crippen MR) is 69.3 cm³/mol. The summed E-state index contributed by atoms with van der Waals surface area (Å²) in [6, 6.07) is 0.777. The number of benzene rings is 1. The molecule has 1 saturated heterocycles. The van der Waals surface area contributed by atoms with Crippen LogP contribution in [0.4, 0.5) is 30.7 Å². The van der Waals surface area contributed by atoms with Crippen LogP contribution in [-0.2, 0) is 6.18 Å². The molecule has 9 heteroatoms. The number of nitrogens with zero attached hydrogens (tertiary/aromatic N) is 1. The highest BCUT2D eigenvalue weighted by Gasteiger charge is 2.38. The molecule has 0 saturated carbocycles. The maximum absolute atomic E-state index is 13.3. The summed E-state index contributed by atoms with van der Waals surface area (Å²) in [6.45, 7) is 1.45. The Balaban J connectivity index is 2.38. The fourth-order valence-electron chi connectivity index (χ4n) is 2.64. The molecule has 1 aliphatic rings. The van der Waals surface area contributed by atoms with Crippen molar-refractivity contribution in [1.29, 1.82) is 0 Å². The number of piperazine rings is 1. The topological polar surface area (TPSA) is 15.3 Å². The van der Waals surface area contributed by atoms with E-state index in [4.69, 9.17) is 0 Å². The lowest BCUT2D eigenvalue weighted by Gasteiger charge is -2.36. The first-order valence-corrected chi connectivity index (χ1v) is 6.96. The molecule has 0 aromatic heterocycles. The van der Waals surface area contributed by atoms with Gasteiger partial charge in [0.15, 0.2) is 0 Å². The average Bonchev–Trinajstić information content (AvgIpc) is 2.44. The van der Waals surface area contributed by atoms with E-state index in [1.165, 1.54) is 4.90 Å². The van der Waals surface area contributed by atoms with Crippen LogP contribution in [0, 0.1) is 5.82 Å². The second-order valence-corrected chi connectivity index (χ2v) is 5.36. The first-order valence-electron chi connectivity index (χ1n) is 6.96. The van der Waals surface area contributed by atoms with Crippen LogP contribution in [0.5, 0.6) is 0 Å². The summed E-state index contributed by atoms with van der Waals surface area (Å²) in [7, 11) is 0. The van der Waals surface area contributed by atoms with Crippen LogP contribution < -0.4 is 5.32 Å². The average molecular weight is 344 g/mol. The van der Waals surface area contributed by atoms with E-state index in [0.29, 0.717) is 25.2 Å². The molecule has 130 valence electrons. The summed E-state index contributed by atoms with van der Waals surface area (Å²) in [6.07, 6.45) is -10.8. The molecule has 0 amide bonds. The maximum Gasteiger partial charge on any atom is 0.419 e. The molecule has 2 rings (SSSR count). The molecule has 1 aliphatic heterocycles. The summed E-state index contributed by atoms with van der Waals surface area (Å²) in [5.74, 6) is -1.49. The van der Waals surface area contributed by atoms with Gasteiger partial charge in [0.05, 0.1) is 12.0 Å². The zero-order chi connectivity index (χ0) is 17.3. The lowest BCUT2D eigenvalue weighted by molar-refractivity contribution is -0.148. The number of rotatable bonds is 3. The van der Waals surface area contributed by atoms with Gasteiger partial charge in [-0.15, -0.1) is 0 Å². The lowest BCUT2D eigenvalue weighted by Crippen LogP contribution is -2.46. The molecule has 0 aliphatic carbocycles. The highest BCUT2D eigenvalue weighted by molar-refractivity contribution is 5.30. The van der Waals surface area contributed by atoms with Crippen molar-refractivity contribution in [2.75, 3.05) is 26.2 Å². The van der Waals surface area contributed by atoms with E-state index < -0.39 is 36.2 Å². The van der Waals surface area contributed by atoms with Gasteiger partial charge in [-0.1, -0.05) is 6.07 Å². The Morgan fingerprint density at radius 1 is 1.04 bits per heavy atom. The van der Waals surface area contributed by atoms with Gasteiger partial charge in [-0.25, -0.2) is 4.39 Å². The van der Waals surface area contributed by atoms with Crippen molar-refractivity contribution in [3.8, 4) is 0 Å². The molecule has 0 radical (unpaired) electrons. The third kappa shape index (κ3) is 4.81. The number of nitrogens with one attached hydrogen (secondary N) is 1.